The van der Waals surface area contributed by atoms with Crippen molar-refractivity contribution in [2.45, 2.75) is 11.1 Å². The normalized spacial score (nSPS) is 11.4. The molecule has 0 fully saturated rings. The van der Waals surface area contributed by atoms with Gasteiger partial charge >= 0.3 is 0 Å². The summed E-state index contributed by atoms with van der Waals surface area (Å²) in [5, 5.41) is 5.61. The Morgan fingerprint density at radius 3 is 2.48 bits per heavy atom. The van der Waals surface area contributed by atoms with Crippen molar-refractivity contribution in [3.8, 4) is 0 Å². The second-order valence-corrected chi connectivity index (χ2v) is 8.55. The number of aryl methyl sites for hydroxylation is 1. The number of thiophene rings is 1. The maximum absolute atomic E-state index is 12.4. The highest BCUT2D eigenvalue weighted by molar-refractivity contribution is 7.94. The van der Waals surface area contributed by atoms with Gasteiger partial charge in [-0.1, -0.05) is 48.0 Å². The fourth-order valence-corrected chi connectivity index (χ4v) is 4.33. The van der Waals surface area contributed by atoms with Gasteiger partial charge in [0.25, 0.3) is 15.9 Å². The van der Waals surface area contributed by atoms with Crippen molar-refractivity contribution in [1.29, 1.82) is 0 Å². The lowest BCUT2D eigenvalue weighted by Crippen LogP contribution is -2.21. The minimum atomic E-state index is -3.74. The Morgan fingerprint density at radius 1 is 1.04 bits per heavy atom. The van der Waals surface area contributed by atoms with E-state index in [2.05, 4.69) is 15.2 Å². The average molecular weight is 399 g/mol. The van der Waals surface area contributed by atoms with Crippen LogP contribution in [0.1, 0.15) is 21.5 Å². The number of nitrogens with zero attached hydrogens (tertiary/aromatic N) is 1. The van der Waals surface area contributed by atoms with Crippen LogP contribution in [0.5, 0.6) is 0 Å². The standard InChI is InChI=1S/C19H17N3O3S2/c1-14-8-10-15(11-9-14)13-20-21-19(23)16-5-2-3-6-17(16)22-27(24,25)18-7-4-12-26-18/h2-13,22H,1H3,(H,21,23)/b20-13-. The van der Waals surface area contributed by atoms with Crippen LogP contribution in [0.4, 0.5) is 5.69 Å². The molecule has 3 rings (SSSR count). The Labute approximate surface area is 161 Å². The van der Waals surface area contributed by atoms with Gasteiger partial charge in [-0.15, -0.1) is 11.3 Å². The van der Waals surface area contributed by atoms with E-state index in [9.17, 15) is 13.2 Å². The monoisotopic (exact) mass is 399 g/mol. The van der Waals surface area contributed by atoms with E-state index in [1.807, 2.05) is 31.2 Å². The Bertz CT molecular complexity index is 1060. The molecule has 0 spiro atoms. The second kappa shape index (κ2) is 8.15. The van der Waals surface area contributed by atoms with E-state index in [1.165, 1.54) is 24.4 Å². The first-order chi connectivity index (χ1) is 13.0. The summed E-state index contributed by atoms with van der Waals surface area (Å²) in [6.07, 6.45) is 1.52. The summed E-state index contributed by atoms with van der Waals surface area (Å²) in [4.78, 5) is 12.4. The predicted octanol–water partition coefficient (Wildman–Crippen LogP) is 3.62. The molecule has 1 aromatic heterocycles. The molecule has 0 radical (unpaired) electrons. The fraction of sp³-hybridized carbons (Fsp3) is 0.0526. The van der Waals surface area contributed by atoms with E-state index >= 15 is 0 Å². The van der Waals surface area contributed by atoms with Gasteiger partial charge < -0.3 is 0 Å². The maximum Gasteiger partial charge on any atom is 0.273 e. The van der Waals surface area contributed by atoms with Crippen molar-refractivity contribution in [1.82, 2.24) is 5.43 Å². The fourth-order valence-electron chi connectivity index (χ4n) is 2.26. The molecule has 1 heterocycles. The molecule has 0 aliphatic carbocycles. The smallest absolute Gasteiger partial charge is 0.273 e. The van der Waals surface area contributed by atoms with Gasteiger partial charge in [-0.3, -0.25) is 9.52 Å². The number of nitrogens with one attached hydrogen (secondary N) is 2. The van der Waals surface area contributed by atoms with Crippen molar-refractivity contribution in [3.05, 3.63) is 82.7 Å². The van der Waals surface area contributed by atoms with Crippen molar-refractivity contribution in [2.24, 2.45) is 5.10 Å². The van der Waals surface area contributed by atoms with E-state index in [4.69, 9.17) is 0 Å². The van der Waals surface area contributed by atoms with E-state index in [-0.39, 0.29) is 15.5 Å². The zero-order valence-electron chi connectivity index (χ0n) is 14.4. The van der Waals surface area contributed by atoms with Crippen molar-refractivity contribution in [3.63, 3.8) is 0 Å². The number of hydrazone groups is 1. The minimum Gasteiger partial charge on any atom is -0.278 e. The number of carbonyl (C=O) groups excluding carboxylic acids is 1. The van der Waals surface area contributed by atoms with E-state index in [0.717, 1.165) is 22.5 Å². The van der Waals surface area contributed by atoms with Crippen LogP contribution in [0.3, 0.4) is 0 Å². The lowest BCUT2D eigenvalue weighted by molar-refractivity contribution is 0.0956. The summed E-state index contributed by atoms with van der Waals surface area (Å²) >= 11 is 1.10. The Kier molecular flexibility index (Phi) is 5.68. The van der Waals surface area contributed by atoms with Gasteiger partial charge in [-0.05, 0) is 36.1 Å². The molecule has 0 aliphatic heterocycles. The highest BCUT2D eigenvalue weighted by Gasteiger charge is 2.19. The molecule has 2 aromatic carbocycles. The molecule has 138 valence electrons. The van der Waals surface area contributed by atoms with Gasteiger partial charge in [0.2, 0.25) is 0 Å². The largest absolute Gasteiger partial charge is 0.278 e. The summed E-state index contributed by atoms with van der Waals surface area (Å²) in [7, 11) is -3.74. The van der Waals surface area contributed by atoms with Gasteiger partial charge in [0.1, 0.15) is 4.21 Å². The zero-order valence-corrected chi connectivity index (χ0v) is 16.0. The van der Waals surface area contributed by atoms with Crippen LogP contribution in [0.25, 0.3) is 0 Å². The summed E-state index contributed by atoms with van der Waals surface area (Å²) in [6, 6.07) is 17.2. The third kappa shape index (κ3) is 4.81. The van der Waals surface area contributed by atoms with Crippen LogP contribution in [0.15, 0.2) is 75.4 Å². The summed E-state index contributed by atoms with van der Waals surface area (Å²) < 4.78 is 27.4. The SMILES string of the molecule is Cc1ccc(/C=N\NC(=O)c2ccccc2NS(=O)(=O)c2cccs2)cc1. The Hall–Kier alpha value is -2.97. The van der Waals surface area contributed by atoms with Gasteiger partial charge in [0.05, 0.1) is 17.5 Å². The highest BCUT2D eigenvalue weighted by Crippen LogP contribution is 2.22. The molecule has 0 saturated carbocycles. The van der Waals surface area contributed by atoms with Crippen LogP contribution >= 0.6 is 11.3 Å². The molecule has 8 heteroatoms. The van der Waals surface area contributed by atoms with Gasteiger partial charge in [0, 0.05) is 0 Å². The summed E-state index contributed by atoms with van der Waals surface area (Å²) in [5.74, 6) is -0.511. The van der Waals surface area contributed by atoms with E-state index < -0.39 is 15.9 Å². The van der Waals surface area contributed by atoms with Gasteiger partial charge in [0.15, 0.2) is 0 Å². The molecule has 0 aliphatic rings. The third-order valence-electron chi connectivity index (χ3n) is 3.63. The molecule has 1 amide bonds. The molecule has 0 saturated heterocycles. The first-order valence-corrected chi connectivity index (χ1v) is 10.4. The Morgan fingerprint density at radius 2 is 1.78 bits per heavy atom. The number of sulfonamides is 1. The zero-order chi connectivity index (χ0) is 19.3. The number of benzene rings is 2. The van der Waals surface area contributed by atoms with Crippen molar-refractivity contribution in [2.75, 3.05) is 4.72 Å². The molecular formula is C19H17N3O3S2. The van der Waals surface area contributed by atoms with Crippen LogP contribution in [-0.4, -0.2) is 20.5 Å². The number of hydrogen-bond acceptors (Lipinski definition) is 5. The number of rotatable bonds is 6. The van der Waals surface area contributed by atoms with Crippen LogP contribution in [-0.2, 0) is 10.0 Å². The molecule has 6 nitrogen and oxygen atoms in total. The average Bonchev–Trinajstić information content (AvgIpc) is 3.19. The van der Waals surface area contributed by atoms with Crippen molar-refractivity contribution < 1.29 is 13.2 Å². The summed E-state index contributed by atoms with van der Waals surface area (Å²) in [5.41, 5.74) is 4.76. The highest BCUT2D eigenvalue weighted by atomic mass is 32.2. The molecule has 27 heavy (non-hydrogen) atoms. The molecule has 0 unspecified atom stereocenters. The second-order valence-electron chi connectivity index (χ2n) is 5.69. The molecule has 0 bridgehead atoms. The first kappa shape index (κ1) is 18.8. The number of hydrogen-bond donors (Lipinski definition) is 2. The number of para-hydroxylation sites is 1. The minimum absolute atomic E-state index is 0.176. The lowest BCUT2D eigenvalue weighted by atomic mass is 10.2. The molecule has 0 atom stereocenters. The quantitative estimate of drug-likeness (QED) is 0.490. The molecule has 2 N–H and O–H groups in total. The van der Waals surface area contributed by atoms with E-state index in [1.54, 1.807) is 23.6 Å². The van der Waals surface area contributed by atoms with Gasteiger partial charge in [-0.2, -0.15) is 5.10 Å². The maximum atomic E-state index is 12.4. The molecular weight excluding hydrogens is 382 g/mol. The van der Waals surface area contributed by atoms with Crippen LogP contribution < -0.4 is 10.1 Å². The van der Waals surface area contributed by atoms with Gasteiger partial charge in [-0.25, -0.2) is 13.8 Å². The third-order valence-corrected chi connectivity index (χ3v) is 6.40. The van der Waals surface area contributed by atoms with E-state index in [0.29, 0.717) is 0 Å². The number of amides is 1. The lowest BCUT2D eigenvalue weighted by Gasteiger charge is -2.10. The van der Waals surface area contributed by atoms with Crippen LogP contribution in [0, 0.1) is 6.92 Å². The predicted molar refractivity (Wildman–Crippen MR) is 108 cm³/mol. The topological polar surface area (TPSA) is 87.6 Å². The first-order valence-electron chi connectivity index (χ1n) is 8.01. The Balaban J connectivity index is 1.75. The number of carbonyl (C=O) groups is 1. The summed E-state index contributed by atoms with van der Waals surface area (Å²) in [6.45, 7) is 1.98. The van der Waals surface area contributed by atoms with Crippen LogP contribution in [0.2, 0.25) is 0 Å². The van der Waals surface area contributed by atoms with Crippen molar-refractivity contribution >= 4 is 39.2 Å². The molecule has 3 aromatic rings. The number of anilines is 1.